The van der Waals surface area contributed by atoms with E-state index < -0.39 is 11.8 Å². The second-order valence-electron chi connectivity index (χ2n) is 11.6. The van der Waals surface area contributed by atoms with E-state index in [0.717, 1.165) is 44.2 Å². The second-order valence-corrected chi connectivity index (χ2v) is 11.6. The van der Waals surface area contributed by atoms with Crippen molar-refractivity contribution >= 4 is 11.4 Å². The zero-order valence-corrected chi connectivity index (χ0v) is 22.9. The van der Waals surface area contributed by atoms with E-state index in [0.29, 0.717) is 41.6 Å². The van der Waals surface area contributed by atoms with E-state index in [4.69, 9.17) is 4.74 Å². The minimum atomic E-state index is -0.592. The number of amides is 1. The molecule has 6 rings (SSSR count). The highest BCUT2D eigenvalue weighted by atomic mass is 19.1. The number of hydrogen-bond acceptors (Lipinski definition) is 5. The summed E-state index contributed by atoms with van der Waals surface area (Å²) in [5.41, 5.74) is 2.71. The maximum Gasteiger partial charge on any atom is 0.255 e. The molecule has 1 N–H and O–H groups in total. The first kappa shape index (κ1) is 26.3. The van der Waals surface area contributed by atoms with Crippen molar-refractivity contribution in [2.24, 2.45) is 5.92 Å². The highest BCUT2D eigenvalue weighted by molar-refractivity contribution is 6.03. The van der Waals surface area contributed by atoms with Gasteiger partial charge in [0.05, 0.1) is 30.9 Å². The summed E-state index contributed by atoms with van der Waals surface area (Å²) < 4.78 is 37.2. The highest BCUT2D eigenvalue weighted by Gasteiger charge is 2.34. The number of benzene rings is 1. The van der Waals surface area contributed by atoms with Crippen molar-refractivity contribution in [2.45, 2.75) is 51.6 Å². The van der Waals surface area contributed by atoms with Gasteiger partial charge in [-0.3, -0.25) is 4.79 Å². The smallest absolute Gasteiger partial charge is 0.255 e. The number of morpholine rings is 1. The summed E-state index contributed by atoms with van der Waals surface area (Å²) in [4.78, 5) is 22.3. The molecule has 3 fully saturated rings. The van der Waals surface area contributed by atoms with Crippen LogP contribution in [0, 0.1) is 24.6 Å². The molecule has 3 aliphatic heterocycles. The van der Waals surface area contributed by atoms with Gasteiger partial charge in [0.2, 0.25) is 5.95 Å². The maximum absolute atomic E-state index is 15.3. The minimum Gasteiger partial charge on any atom is -0.377 e. The van der Waals surface area contributed by atoms with Crippen LogP contribution in [0.25, 0.3) is 16.6 Å². The van der Waals surface area contributed by atoms with E-state index in [1.165, 1.54) is 25.0 Å². The summed E-state index contributed by atoms with van der Waals surface area (Å²) >= 11 is 0. The maximum atomic E-state index is 15.3. The average Bonchev–Trinajstić information content (AvgIpc) is 3.19. The Morgan fingerprint density at radius 3 is 2.51 bits per heavy atom. The predicted molar refractivity (Wildman–Crippen MR) is 146 cm³/mol. The predicted octanol–water partition coefficient (Wildman–Crippen LogP) is 4.24. The van der Waals surface area contributed by atoms with Crippen LogP contribution < -0.4 is 5.32 Å². The van der Waals surface area contributed by atoms with Gasteiger partial charge in [-0.25, -0.2) is 9.37 Å². The number of carbonyl (C=O) groups excluding carboxylic acids is 1. The van der Waals surface area contributed by atoms with Gasteiger partial charge in [-0.2, -0.15) is 4.39 Å². The lowest BCUT2D eigenvalue weighted by molar-refractivity contribution is -0.0249. The number of ether oxygens (including phenoxy) is 1. The zero-order valence-electron chi connectivity index (χ0n) is 22.9. The van der Waals surface area contributed by atoms with Gasteiger partial charge in [-0.1, -0.05) is 6.07 Å². The van der Waals surface area contributed by atoms with Crippen molar-refractivity contribution in [1.82, 2.24) is 24.5 Å². The van der Waals surface area contributed by atoms with Crippen LogP contribution in [0.2, 0.25) is 0 Å². The molecule has 3 aliphatic rings. The van der Waals surface area contributed by atoms with Gasteiger partial charge >= 0.3 is 0 Å². The molecule has 1 aromatic carbocycles. The number of nitrogens with one attached hydrogen (secondary N) is 1. The van der Waals surface area contributed by atoms with E-state index in [1.54, 1.807) is 22.3 Å². The molecule has 0 bridgehead atoms. The molecule has 0 radical (unpaired) electrons. The zero-order chi connectivity index (χ0) is 27.3. The van der Waals surface area contributed by atoms with Gasteiger partial charge in [0.15, 0.2) is 0 Å². The van der Waals surface area contributed by atoms with Crippen LogP contribution in [-0.4, -0.2) is 83.1 Å². The molecule has 3 aromatic rings. The number of aryl methyl sites for hydroxylation is 1. The van der Waals surface area contributed by atoms with Crippen LogP contribution in [0.4, 0.5) is 8.78 Å². The lowest BCUT2D eigenvalue weighted by Crippen LogP contribution is -2.52. The van der Waals surface area contributed by atoms with Crippen molar-refractivity contribution in [3.63, 3.8) is 0 Å². The summed E-state index contributed by atoms with van der Waals surface area (Å²) in [6, 6.07) is 5.90. The van der Waals surface area contributed by atoms with E-state index in [-0.39, 0.29) is 23.6 Å². The number of fused-ring (bicyclic) bond motifs is 1. The average molecular weight is 538 g/mol. The van der Waals surface area contributed by atoms with Gasteiger partial charge in [-0.05, 0) is 81.9 Å². The Kier molecular flexibility index (Phi) is 7.16. The number of carbonyl (C=O) groups is 1. The van der Waals surface area contributed by atoms with Crippen LogP contribution in [-0.2, 0) is 4.74 Å². The fourth-order valence-electron chi connectivity index (χ4n) is 6.59. The van der Waals surface area contributed by atoms with Gasteiger partial charge < -0.3 is 24.3 Å². The number of imidazole rings is 1. The van der Waals surface area contributed by atoms with E-state index >= 15 is 4.39 Å². The van der Waals surface area contributed by atoms with E-state index in [2.05, 4.69) is 15.2 Å². The van der Waals surface area contributed by atoms with Crippen molar-refractivity contribution in [2.75, 3.05) is 45.9 Å². The monoisotopic (exact) mass is 537 g/mol. The molecular formula is C30H37F2N5O2. The quantitative estimate of drug-likeness (QED) is 0.528. The first-order chi connectivity index (χ1) is 18.8. The summed E-state index contributed by atoms with van der Waals surface area (Å²) in [6.45, 7) is 11.7. The number of hydrogen-bond donors (Lipinski definition) is 1. The summed E-state index contributed by atoms with van der Waals surface area (Å²) in [5.74, 6) is 0.213. The molecule has 0 unspecified atom stereocenters. The second kappa shape index (κ2) is 10.6. The Morgan fingerprint density at radius 2 is 1.79 bits per heavy atom. The van der Waals surface area contributed by atoms with E-state index in [1.807, 2.05) is 26.1 Å². The largest absolute Gasteiger partial charge is 0.377 e. The number of halogens is 2. The molecule has 39 heavy (non-hydrogen) atoms. The van der Waals surface area contributed by atoms with Crippen molar-refractivity contribution < 1.29 is 18.3 Å². The van der Waals surface area contributed by atoms with Crippen LogP contribution in [0.3, 0.4) is 0 Å². The number of piperidine rings is 1. The van der Waals surface area contributed by atoms with Gasteiger partial charge in [0.1, 0.15) is 17.2 Å². The number of aromatic nitrogens is 2. The molecule has 0 aliphatic carbocycles. The molecule has 208 valence electrons. The van der Waals surface area contributed by atoms with Crippen LogP contribution in [0.15, 0.2) is 30.5 Å². The third kappa shape index (κ3) is 4.96. The molecular weight excluding hydrogens is 500 g/mol. The standard InChI is InChI=1S/C30H37F2N5O2/c1-18-16-39-17-19(2)37(18)30(38)27-11-24(31)4-5-25(27)26-10-22(15-36-20(3)34-29(32)28(26)36)23-13-35(14-23)12-21-6-8-33-9-7-21/h4-5,10-11,15,18-19,21,23,33H,6-9,12-14,16-17H2,1-3H3/t18-,19-/m1/s1. The first-order valence-corrected chi connectivity index (χ1v) is 14.1. The fourth-order valence-corrected chi connectivity index (χ4v) is 6.59. The lowest BCUT2D eigenvalue weighted by atomic mass is 9.87. The van der Waals surface area contributed by atoms with Crippen molar-refractivity contribution in [3.05, 3.63) is 59.2 Å². The molecule has 0 spiro atoms. The molecule has 3 saturated heterocycles. The summed E-state index contributed by atoms with van der Waals surface area (Å²) in [6.07, 6.45) is 4.41. The van der Waals surface area contributed by atoms with Gasteiger partial charge in [0, 0.05) is 37.3 Å². The molecule has 9 heteroatoms. The molecule has 1 amide bonds. The summed E-state index contributed by atoms with van der Waals surface area (Å²) in [7, 11) is 0. The number of likely N-dealkylation sites (tertiary alicyclic amines) is 1. The number of rotatable bonds is 5. The Balaban J connectivity index is 1.37. The van der Waals surface area contributed by atoms with Crippen molar-refractivity contribution in [1.29, 1.82) is 0 Å². The number of pyridine rings is 1. The number of nitrogens with zero attached hydrogens (tertiary/aromatic N) is 4. The van der Waals surface area contributed by atoms with Crippen LogP contribution in [0.1, 0.15) is 54.4 Å². The normalized spacial score (nSPS) is 23.4. The fraction of sp³-hybridized carbons (Fsp3) is 0.533. The molecule has 0 saturated carbocycles. The molecule has 7 nitrogen and oxygen atoms in total. The summed E-state index contributed by atoms with van der Waals surface area (Å²) in [5, 5.41) is 3.43. The Bertz CT molecular complexity index is 1370. The molecule has 5 heterocycles. The third-order valence-corrected chi connectivity index (χ3v) is 8.70. The first-order valence-electron chi connectivity index (χ1n) is 14.1. The minimum absolute atomic E-state index is 0.154. The topological polar surface area (TPSA) is 62.1 Å². The highest BCUT2D eigenvalue weighted by Crippen LogP contribution is 2.37. The van der Waals surface area contributed by atoms with Crippen molar-refractivity contribution in [3.8, 4) is 11.1 Å². The lowest BCUT2D eigenvalue weighted by Gasteiger charge is -2.42. The molecule has 2 aromatic heterocycles. The van der Waals surface area contributed by atoms with E-state index in [9.17, 15) is 9.18 Å². The Morgan fingerprint density at radius 1 is 1.08 bits per heavy atom. The van der Waals surface area contributed by atoms with Crippen LogP contribution >= 0.6 is 0 Å². The molecule has 2 atom stereocenters. The van der Waals surface area contributed by atoms with Gasteiger partial charge in [-0.15, -0.1) is 0 Å². The van der Waals surface area contributed by atoms with Crippen LogP contribution in [0.5, 0.6) is 0 Å². The Labute approximate surface area is 228 Å². The SMILES string of the molecule is Cc1nc(F)c2c(-c3ccc(F)cc3C(=O)N3[C@H](C)COC[C@H]3C)cc(C3CN(CC4CCNCC4)C3)cn12. The third-order valence-electron chi connectivity index (χ3n) is 8.70. The Hall–Kier alpha value is -2.88. The van der Waals surface area contributed by atoms with Gasteiger partial charge in [0.25, 0.3) is 5.91 Å².